The molecule has 0 bridgehead atoms. The monoisotopic (exact) mass is 336 g/mol. The molecular weight excluding hydrogens is 320 g/mol. The zero-order chi connectivity index (χ0) is 16.4. The lowest BCUT2D eigenvalue weighted by Gasteiger charge is -2.13. The molecule has 0 spiro atoms. The van der Waals surface area contributed by atoms with Crippen molar-refractivity contribution < 1.29 is 9.47 Å². The Morgan fingerprint density at radius 2 is 1.79 bits per heavy atom. The van der Waals surface area contributed by atoms with E-state index in [2.05, 4.69) is 28.8 Å². The Labute approximate surface area is 145 Å². The number of hydrogen-bond acceptors (Lipinski definition) is 3. The van der Waals surface area contributed by atoms with Crippen molar-refractivity contribution in [1.29, 1.82) is 0 Å². The van der Waals surface area contributed by atoms with Crippen LogP contribution >= 0.6 is 12.2 Å². The van der Waals surface area contributed by atoms with Gasteiger partial charge >= 0.3 is 0 Å². The van der Waals surface area contributed by atoms with E-state index in [0.29, 0.717) is 11.7 Å². The van der Waals surface area contributed by atoms with Crippen molar-refractivity contribution in [2.45, 2.75) is 6.54 Å². The van der Waals surface area contributed by atoms with Crippen LogP contribution in [0.5, 0.6) is 11.5 Å². The summed E-state index contributed by atoms with van der Waals surface area (Å²) in [5.74, 6) is 1.57. The van der Waals surface area contributed by atoms with E-state index < -0.39 is 0 Å². The Balaban J connectivity index is 1.43. The molecule has 0 aromatic heterocycles. The molecule has 0 aliphatic carbocycles. The Hall–Kier alpha value is -2.79. The zero-order valence-electron chi connectivity index (χ0n) is 12.9. The Morgan fingerprint density at radius 3 is 2.75 bits per heavy atom. The van der Waals surface area contributed by atoms with Crippen molar-refractivity contribution >= 4 is 33.8 Å². The number of rotatable bonds is 3. The zero-order valence-corrected chi connectivity index (χ0v) is 13.7. The first-order chi connectivity index (χ1) is 11.8. The third kappa shape index (κ3) is 2.98. The highest BCUT2D eigenvalue weighted by Crippen LogP contribution is 2.32. The van der Waals surface area contributed by atoms with Gasteiger partial charge in [-0.15, -0.1) is 0 Å². The molecule has 120 valence electrons. The normalized spacial score (nSPS) is 12.2. The van der Waals surface area contributed by atoms with Gasteiger partial charge in [0, 0.05) is 17.6 Å². The minimum absolute atomic E-state index is 0.285. The van der Waals surface area contributed by atoms with Crippen LogP contribution in [0.25, 0.3) is 10.8 Å². The number of thiocarbonyl (C=S) groups is 1. The van der Waals surface area contributed by atoms with Gasteiger partial charge in [-0.3, -0.25) is 0 Å². The predicted molar refractivity (Wildman–Crippen MR) is 99.6 cm³/mol. The molecule has 4 rings (SSSR count). The van der Waals surface area contributed by atoms with Crippen LogP contribution < -0.4 is 20.1 Å². The lowest BCUT2D eigenvalue weighted by molar-refractivity contribution is 0.174. The summed E-state index contributed by atoms with van der Waals surface area (Å²) in [4.78, 5) is 0. The number of benzene rings is 3. The van der Waals surface area contributed by atoms with Crippen molar-refractivity contribution in [3.8, 4) is 11.5 Å². The second-order valence-electron chi connectivity index (χ2n) is 5.52. The number of nitrogens with one attached hydrogen (secondary N) is 2. The first kappa shape index (κ1) is 14.8. The van der Waals surface area contributed by atoms with Crippen LogP contribution in [0, 0.1) is 0 Å². The van der Waals surface area contributed by atoms with Gasteiger partial charge in [0.25, 0.3) is 0 Å². The Kier molecular flexibility index (Phi) is 3.92. The van der Waals surface area contributed by atoms with Gasteiger partial charge in [-0.1, -0.05) is 42.5 Å². The summed E-state index contributed by atoms with van der Waals surface area (Å²) in [5, 5.41) is 9.41. The Bertz CT molecular complexity index is 906. The lowest BCUT2D eigenvalue weighted by atomic mass is 10.1. The van der Waals surface area contributed by atoms with E-state index in [1.807, 2.05) is 42.5 Å². The molecule has 0 unspecified atom stereocenters. The van der Waals surface area contributed by atoms with E-state index in [0.717, 1.165) is 28.1 Å². The Morgan fingerprint density at radius 1 is 0.958 bits per heavy atom. The SMILES string of the molecule is S=C(NCc1ccc2c(c1)OCO2)Nc1cccc2ccccc12. The summed E-state index contributed by atoms with van der Waals surface area (Å²) in [6.07, 6.45) is 0. The molecule has 1 aliphatic rings. The molecule has 0 radical (unpaired) electrons. The topological polar surface area (TPSA) is 42.5 Å². The first-order valence-electron chi connectivity index (χ1n) is 7.71. The summed E-state index contributed by atoms with van der Waals surface area (Å²) < 4.78 is 10.7. The maximum absolute atomic E-state index is 5.42. The molecule has 1 aliphatic heterocycles. The number of hydrogen-bond donors (Lipinski definition) is 2. The predicted octanol–water partition coefficient (Wildman–Crippen LogP) is 4.06. The molecule has 1 heterocycles. The third-order valence-electron chi connectivity index (χ3n) is 3.93. The molecule has 5 heteroatoms. The van der Waals surface area contributed by atoms with E-state index >= 15 is 0 Å². The summed E-state index contributed by atoms with van der Waals surface area (Å²) in [6, 6.07) is 20.2. The van der Waals surface area contributed by atoms with E-state index in [1.54, 1.807) is 0 Å². The van der Waals surface area contributed by atoms with Crippen LogP contribution in [-0.2, 0) is 6.54 Å². The van der Waals surface area contributed by atoms with Gasteiger partial charge in [0.2, 0.25) is 6.79 Å². The number of anilines is 1. The van der Waals surface area contributed by atoms with Crippen molar-refractivity contribution in [3.63, 3.8) is 0 Å². The van der Waals surface area contributed by atoms with E-state index in [-0.39, 0.29) is 6.79 Å². The maximum Gasteiger partial charge on any atom is 0.231 e. The molecule has 3 aromatic rings. The van der Waals surface area contributed by atoms with E-state index in [4.69, 9.17) is 21.7 Å². The van der Waals surface area contributed by atoms with Crippen LogP contribution in [0.15, 0.2) is 60.7 Å². The summed E-state index contributed by atoms with van der Waals surface area (Å²) in [6.45, 7) is 0.903. The smallest absolute Gasteiger partial charge is 0.231 e. The average molecular weight is 336 g/mol. The van der Waals surface area contributed by atoms with Crippen molar-refractivity contribution in [3.05, 3.63) is 66.2 Å². The van der Waals surface area contributed by atoms with E-state index in [9.17, 15) is 0 Å². The second-order valence-corrected chi connectivity index (χ2v) is 5.93. The average Bonchev–Trinajstić information content (AvgIpc) is 3.08. The summed E-state index contributed by atoms with van der Waals surface area (Å²) >= 11 is 5.42. The largest absolute Gasteiger partial charge is 0.454 e. The summed E-state index contributed by atoms with van der Waals surface area (Å²) in [7, 11) is 0. The maximum atomic E-state index is 5.42. The standard InChI is InChI=1S/C19H16N2O2S/c24-19(20-11-13-8-9-17-18(10-13)23-12-22-17)21-16-7-3-5-14-4-1-2-6-15(14)16/h1-10H,11-12H2,(H2,20,21,24). The molecular formula is C19H16N2O2S. The molecule has 2 N–H and O–H groups in total. The fourth-order valence-electron chi connectivity index (χ4n) is 2.73. The highest BCUT2D eigenvalue weighted by molar-refractivity contribution is 7.80. The molecule has 0 atom stereocenters. The van der Waals surface area contributed by atoms with Gasteiger partial charge < -0.3 is 20.1 Å². The van der Waals surface area contributed by atoms with Gasteiger partial charge in [0.1, 0.15) is 0 Å². The molecule has 4 nitrogen and oxygen atoms in total. The molecule has 0 amide bonds. The minimum atomic E-state index is 0.285. The van der Waals surface area contributed by atoms with Gasteiger partial charge in [0.15, 0.2) is 16.6 Å². The number of ether oxygens (including phenoxy) is 2. The highest BCUT2D eigenvalue weighted by atomic mass is 32.1. The van der Waals surface area contributed by atoms with Crippen LogP contribution in [0.1, 0.15) is 5.56 Å². The summed E-state index contributed by atoms with van der Waals surface area (Å²) in [5.41, 5.74) is 2.08. The minimum Gasteiger partial charge on any atom is -0.454 e. The van der Waals surface area contributed by atoms with Gasteiger partial charge in [-0.05, 0) is 41.4 Å². The number of fused-ring (bicyclic) bond motifs is 2. The quantitative estimate of drug-likeness (QED) is 0.706. The van der Waals surface area contributed by atoms with E-state index in [1.165, 1.54) is 5.39 Å². The molecule has 0 saturated carbocycles. The van der Waals surface area contributed by atoms with Gasteiger partial charge in [-0.2, -0.15) is 0 Å². The highest BCUT2D eigenvalue weighted by Gasteiger charge is 2.13. The molecule has 3 aromatic carbocycles. The van der Waals surface area contributed by atoms with Crippen molar-refractivity contribution in [2.24, 2.45) is 0 Å². The lowest BCUT2D eigenvalue weighted by Crippen LogP contribution is -2.27. The molecule has 24 heavy (non-hydrogen) atoms. The van der Waals surface area contributed by atoms with Crippen LogP contribution in [-0.4, -0.2) is 11.9 Å². The van der Waals surface area contributed by atoms with Crippen molar-refractivity contribution in [1.82, 2.24) is 5.32 Å². The van der Waals surface area contributed by atoms with Crippen LogP contribution in [0.3, 0.4) is 0 Å². The van der Waals surface area contributed by atoms with Gasteiger partial charge in [0.05, 0.1) is 0 Å². The fourth-order valence-corrected chi connectivity index (χ4v) is 2.92. The second kappa shape index (κ2) is 6.37. The molecule has 0 saturated heterocycles. The van der Waals surface area contributed by atoms with Crippen molar-refractivity contribution in [2.75, 3.05) is 12.1 Å². The van der Waals surface area contributed by atoms with Crippen LogP contribution in [0.4, 0.5) is 5.69 Å². The van der Waals surface area contributed by atoms with Gasteiger partial charge in [-0.25, -0.2) is 0 Å². The van der Waals surface area contributed by atoms with Crippen LogP contribution in [0.2, 0.25) is 0 Å². The third-order valence-corrected chi connectivity index (χ3v) is 4.17. The molecule has 0 fully saturated rings. The first-order valence-corrected chi connectivity index (χ1v) is 8.11. The fraction of sp³-hybridized carbons (Fsp3) is 0.105.